The van der Waals surface area contributed by atoms with Crippen LogP contribution in [0, 0.1) is 0 Å². The molecule has 1 aliphatic rings. The molecule has 0 unspecified atom stereocenters. The Kier molecular flexibility index (Phi) is 6.38. The molecule has 0 amide bonds. The van der Waals surface area contributed by atoms with E-state index in [0.717, 1.165) is 17.9 Å². The summed E-state index contributed by atoms with van der Waals surface area (Å²) in [6.07, 6.45) is 1.59. The number of carbonyl (C=O) groups is 1. The van der Waals surface area contributed by atoms with E-state index in [4.69, 9.17) is 0 Å². The Bertz CT molecular complexity index is 314. The minimum atomic E-state index is -1.25. The third kappa shape index (κ3) is 4.20. The molecule has 0 aliphatic carbocycles. The molecule has 2 atom stereocenters. The van der Waals surface area contributed by atoms with Crippen molar-refractivity contribution in [2.75, 3.05) is 11.5 Å². The maximum Gasteiger partial charge on any atom is 0.331 e. The van der Waals surface area contributed by atoms with Crippen LogP contribution >= 0.6 is 23.5 Å². The third-order valence-corrected chi connectivity index (χ3v) is 8.02. The van der Waals surface area contributed by atoms with Crippen molar-refractivity contribution in [1.29, 1.82) is 0 Å². The van der Waals surface area contributed by atoms with Crippen molar-refractivity contribution < 1.29 is 14.5 Å². The fraction of sp³-hybridized carbons (Fsp3) is 0.917. The molecular formula is C12H23NO3S3. The second-order valence-corrected chi connectivity index (χ2v) is 10.4. The van der Waals surface area contributed by atoms with Crippen molar-refractivity contribution >= 4 is 40.9 Å². The van der Waals surface area contributed by atoms with Gasteiger partial charge in [-0.05, 0) is 27.2 Å². The molecule has 1 heterocycles. The number of hydrogen-bond acceptors (Lipinski definition) is 5. The molecule has 1 aliphatic heterocycles. The van der Waals surface area contributed by atoms with Crippen LogP contribution in [0.3, 0.4) is 0 Å². The van der Waals surface area contributed by atoms with Crippen LogP contribution in [0.2, 0.25) is 0 Å². The Morgan fingerprint density at radius 1 is 1.47 bits per heavy atom. The zero-order valence-corrected chi connectivity index (χ0v) is 14.3. The van der Waals surface area contributed by atoms with Crippen molar-refractivity contribution in [2.45, 2.75) is 55.4 Å². The smallest absolute Gasteiger partial charge is 0.331 e. The number of hydrogen-bond donors (Lipinski definition) is 2. The van der Waals surface area contributed by atoms with Crippen molar-refractivity contribution in [1.82, 2.24) is 4.72 Å². The van der Waals surface area contributed by atoms with Crippen molar-refractivity contribution in [3.05, 3.63) is 0 Å². The van der Waals surface area contributed by atoms with Crippen LogP contribution in [-0.2, 0) is 16.2 Å². The maximum atomic E-state index is 12.3. The Labute approximate surface area is 127 Å². The highest BCUT2D eigenvalue weighted by Gasteiger charge is 2.52. The summed E-state index contributed by atoms with van der Waals surface area (Å²) in [6, 6.07) is -0.271. The average Bonchev–Trinajstić information content (AvgIpc) is 2.77. The van der Waals surface area contributed by atoms with Crippen LogP contribution < -0.4 is 4.72 Å². The first-order chi connectivity index (χ1) is 8.74. The minimum Gasteiger partial charge on any atom is -0.598 e. The first-order valence-corrected chi connectivity index (χ1v) is 9.55. The number of carboxylic acid groups (broad SMARTS) is 1. The molecule has 1 rings (SSSR count). The highest BCUT2D eigenvalue weighted by atomic mass is 32.2. The zero-order chi connectivity index (χ0) is 14.7. The van der Waals surface area contributed by atoms with Gasteiger partial charge in [0.05, 0.1) is 6.04 Å². The second kappa shape index (κ2) is 6.93. The lowest BCUT2D eigenvalue weighted by Crippen LogP contribution is -2.55. The number of aliphatic carboxylic acids is 1. The van der Waals surface area contributed by atoms with Gasteiger partial charge in [0.2, 0.25) is 0 Å². The van der Waals surface area contributed by atoms with Crippen molar-refractivity contribution in [3.8, 4) is 0 Å². The quantitative estimate of drug-likeness (QED) is 0.731. The Morgan fingerprint density at radius 2 is 2.00 bits per heavy atom. The summed E-state index contributed by atoms with van der Waals surface area (Å²) < 4.78 is 14.1. The molecule has 0 aromatic carbocycles. The standard InChI is InChI=1S/C12H23NO3S3/c1-5-6-9(13-19(16)11(2,3)4)12(10(14)15)17-7-8-18-12/h9,13H,5-8H2,1-4H3,(H,14,15)/t9-,19-/m0/s1. The van der Waals surface area contributed by atoms with Gasteiger partial charge in [0.15, 0.2) is 4.08 Å². The predicted octanol–water partition coefficient (Wildman–Crippen LogP) is 2.47. The van der Waals surface area contributed by atoms with Gasteiger partial charge in [-0.25, -0.2) is 4.79 Å². The molecule has 1 saturated heterocycles. The number of nitrogens with one attached hydrogen (secondary N) is 1. The van der Waals surface area contributed by atoms with Crippen molar-refractivity contribution in [3.63, 3.8) is 0 Å². The van der Waals surface area contributed by atoms with Gasteiger partial charge in [-0.2, -0.15) is 0 Å². The normalized spacial score (nSPS) is 22.2. The van der Waals surface area contributed by atoms with E-state index in [1.807, 2.05) is 27.7 Å². The van der Waals surface area contributed by atoms with Gasteiger partial charge in [-0.1, -0.05) is 13.3 Å². The van der Waals surface area contributed by atoms with Gasteiger partial charge in [0.25, 0.3) is 0 Å². The predicted molar refractivity (Wildman–Crippen MR) is 85.0 cm³/mol. The number of thioether (sulfide) groups is 2. The van der Waals surface area contributed by atoms with E-state index in [-0.39, 0.29) is 10.8 Å². The average molecular weight is 326 g/mol. The molecule has 19 heavy (non-hydrogen) atoms. The van der Waals surface area contributed by atoms with Gasteiger partial charge in [0, 0.05) is 22.9 Å². The summed E-state index contributed by atoms with van der Waals surface area (Å²) in [5.41, 5.74) is 0. The minimum absolute atomic E-state index is 0.271. The van der Waals surface area contributed by atoms with Crippen LogP contribution in [-0.4, -0.2) is 42.0 Å². The lowest BCUT2D eigenvalue weighted by Gasteiger charge is -2.35. The van der Waals surface area contributed by atoms with Gasteiger partial charge in [-0.3, -0.25) is 0 Å². The van der Waals surface area contributed by atoms with E-state index in [2.05, 4.69) is 4.72 Å². The van der Waals surface area contributed by atoms with Crippen LogP contribution in [0.5, 0.6) is 0 Å². The Hall–Kier alpha value is 0.440. The van der Waals surface area contributed by atoms with Crippen molar-refractivity contribution in [2.24, 2.45) is 0 Å². The summed E-state index contributed by atoms with van der Waals surface area (Å²) in [4.78, 5) is 11.7. The van der Waals surface area contributed by atoms with Gasteiger partial charge in [-0.15, -0.1) is 28.2 Å². The third-order valence-electron chi connectivity index (χ3n) is 2.86. The van der Waals surface area contributed by atoms with Gasteiger partial charge >= 0.3 is 5.97 Å². The van der Waals surface area contributed by atoms with E-state index in [9.17, 15) is 14.5 Å². The first-order valence-electron chi connectivity index (χ1n) is 6.43. The van der Waals surface area contributed by atoms with E-state index < -0.39 is 21.4 Å². The molecular weight excluding hydrogens is 302 g/mol. The maximum absolute atomic E-state index is 12.3. The van der Waals surface area contributed by atoms with E-state index >= 15 is 0 Å². The summed E-state index contributed by atoms with van der Waals surface area (Å²) in [5, 5.41) is 9.60. The molecule has 0 bridgehead atoms. The summed E-state index contributed by atoms with van der Waals surface area (Å²) in [7, 11) is 0. The van der Waals surface area contributed by atoms with Crippen LogP contribution in [0.25, 0.3) is 0 Å². The second-order valence-electron chi connectivity index (χ2n) is 5.51. The summed E-state index contributed by atoms with van der Waals surface area (Å²) >= 11 is 1.68. The van der Waals surface area contributed by atoms with Crippen LogP contribution in [0.4, 0.5) is 0 Å². The number of rotatable bonds is 6. The van der Waals surface area contributed by atoms with Gasteiger partial charge in [0.1, 0.15) is 4.75 Å². The zero-order valence-electron chi connectivity index (χ0n) is 11.9. The van der Waals surface area contributed by atoms with E-state index in [0.29, 0.717) is 6.42 Å². The first kappa shape index (κ1) is 17.5. The highest BCUT2D eigenvalue weighted by molar-refractivity contribution is 8.22. The summed E-state index contributed by atoms with van der Waals surface area (Å²) in [5.74, 6) is 0.860. The number of carboxylic acids is 1. The molecule has 1 fully saturated rings. The Balaban J connectivity index is 2.89. The monoisotopic (exact) mass is 325 g/mol. The molecule has 112 valence electrons. The molecule has 4 nitrogen and oxygen atoms in total. The van der Waals surface area contributed by atoms with E-state index in [1.54, 1.807) is 0 Å². The topological polar surface area (TPSA) is 72.4 Å². The summed E-state index contributed by atoms with van der Waals surface area (Å²) in [6.45, 7) is 7.69. The molecule has 0 aromatic rings. The van der Waals surface area contributed by atoms with Crippen LogP contribution in [0.1, 0.15) is 40.5 Å². The largest absolute Gasteiger partial charge is 0.598 e. The molecule has 0 radical (unpaired) electrons. The lowest BCUT2D eigenvalue weighted by molar-refractivity contribution is -0.137. The lowest BCUT2D eigenvalue weighted by atomic mass is 10.1. The molecule has 0 saturated carbocycles. The highest BCUT2D eigenvalue weighted by Crippen LogP contribution is 2.48. The SMILES string of the molecule is CCC[C@H](N[S@@+]([O-])C(C)(C)C)C1(C(=O)O)SCCS1. The molecule has 7 heteroatoms. The molecule has 2 N–H and O–H groups in total. The molecule has 0 aromatic heterocycles. The Morgan fingerprint density at radius 3 is 2.37 bits per heavy atom. The fourth-order valence-corrected chi connectivity index (χ4v) is 5.99. The van der Waals surface area contributed by atoms with E-state index in [1.165, 1.54) is 23.5 Å². The van der Waals surface area contributed by atoms with Gasteiger partial charge < -0.3 is 9.66 Å². The molecule has 0 spiro atoms. The fourth-order valence-electron chi connectivity index (χ4n) is 1.82. The van der Waals surface area contributed by atoms with Crippen LogP contribution in [0.15, 0.2) is 0 Å².